The van der Waals surface area contributed by atoms with Crippen LogP contribution in [0.2, 0.25) is 10.0 Å². The maximum absolute atomic E-state index is 13.2. The maximum Gasteiger partial charge on any atom is 0.286 e. The number of amides is 1. The molecule has 2 aromatic carbocycles. The van der Waals surface area contributed by atoms with Crippen LogP contribution >= 0.6 is 23.2 Å². The summed E-state index contributed by atoms with van der Waals surface area (Å²) < 4.78 is 1.79. The molecule has 1 aliphatic carbocycles. The van der Waals surface area contributed by atoms with E-state index in [1.807, 2.05) is 11.1 Å². The van der Waals surface area contributed by atoms with Gasteiger partial charge in [0, 0.05) is 35.7 Å². The van der Waals surface area contributed by atoms with Gasteiger partial charge < -0.3 is 0 Å². The van der Waals surface area contributed by atoms with E-state index in [4.69, 9.17) is 28.3 Å². The van der Waals surface area contributed by atoms with Crippen molar-refractivity contribution in [2.45, 2.75) is 32.6 Å². The van der Waals surface area contributed by atoms with Crippen LogP contribution in [0.5, 0.6) is 0 Å². The van der Waals surface area contributed by atoms with Crippen molar-refractivity contribution in [2.75, 3.05) is 13.1 Å². The zero-order valence-corrected chi connectivity index (χ0v) is 18.2. The Labute approximate surface area is 185 Å². The highest BCUT2D eigenvalue weighted by atomic mass is 35.5. The second-order valence-electron chi connectivity index (χ2n) is 8.01. The maximum atomic E-state index is 13.2. The van der Waals surface area contributed by atoms with Gasteiger partial charge in [-0.1, -0.05) is 53.4 Å². The quantitative estimate of drug-likeness (QED) is 0.476. The normalized spacial score (nSPS) is 15.7. The molecule has 5 rings (SSSR count). The first kappa shape index (κ1) is 19.6. The van der Waals surface area contributed by atoms with Crippen LogP contribution in [-0.2, 0) is 6.42 Å². The van der Waals surface area contributed by atoms with E-state index in [1.165, 1.54) is 17.5 Å². The zero-order valence-electron chi connectivity index (χ0n) is 16.7. The van der Waals surface area contributed by atoms with Gasteiger partial charge >= 0.3 is 0 Å². The Balaban J connectivity index is 1.61. The number of nitrogens with zero attached hydrogens (tertiary/aromatic N) is 3. The first-order valence-electron chi connectivity index (χ1n) is 10.2. The lowest BCUT2D eigenvalue weighted by Gasteiger charge is -2.26. The highest BCUT2D eigenvalue weighted by Gasteiger charge is 2.32. The molecule has 1 amide bonds. The van der Waals surface area contributed by atoms with Crippen molar-refractivity contribution < 1.29 is 4.79 Å². The predicted octanol–water partition coefficient (Wildman–Crippen LogP) is 5.19. The summed E-state index contributed by atoms with van der Waals surface area (Å²) in [4.78, 5) is 13.2. The molecule has 0 atom stereocenters. The number of hydrogen-bond donors (Lipinski definition) is 1. The molecular weight excluding hydrogens is 419 g/mol. The van der Waals surface area contributed by atoms with Crippen LogP contribution in [0, 0.1) is 6.92 Å². The molecule has 0 radical (unpaired) electrons. The molecule has 3 aromatic rings. The van der Waals surface area contributed by atoms with Gasteiger partial charge in [0.05, 0.1) is 16.4 Å². The molecule has 5 nitrogen and oxygen atoms in total. The van der Waals surface area contributed by atoms with Crippen molar-refractivity contribution in [3.8, 4) is 16.9 Å². The molecule has 0 spiro atoms. The van der Waals surface area contributed by atoms with Crippen LogP contribution in [0.1, 0.15) is 46.4 Å². The van der Waals surface area contributed by atoms with Crippen LogP contribution in [0.3, 0.4) is 0 Å². The summed E-state index contributed by atoms with van der Waals surface area (Å²) in [6.07, 6.45) is 4.08. The van der Waals surface area contributed by atoms with Crippen molar-refractivity contribution in [3.05, 3.63) is 68.8 Å². The minimum atomic E-state index is -0.165. The highest BCUT2D eigenvalue weighted by molar-refractivity contribution is 6.35. The standard InChI is InChI=1S/C23H22Cl2N4O/c1-14-5-7-17-15(11-14)12-18-21(23(30)27-28-9-3-2-4-10-28)26-29(22(17)18)20-8-6-16(24)13-19(20)25/h5-8,11,13H,2-4,9-10,12H2,1H3,(H,27,30). The number of hydrogen-bond acceptors (Lipinski definition) is 3. The molecule has 1 N–H and O–H groups in total. The van der Waals surface area contributed by atoms with Gasteiger partial charge in [0.25, 0.3) is 5.91 Å². The minimum Gasteiger partial charge on any atom is -0.283 e. The summed E-state index contributed by atoms with van der Waals surface area (Å²) in [5.41, 5.74) is 9.58. The molecule has 1 saturated heterocycles. The smallest absolute Gasteiger partial charge is 0.283 e. The summed E-state index contributed by atoms with van der Waals surface area (Å²) in [7, 11) is 0. The average Bonchev–Trinajstić information content (AvgIpc) is 3.25. The SMILES string of the molecule is Cc1ccc2c(c1)Cc1c(C(=O)NN3CCCCC3)nn(-c3ccc(Cl)cc3Cl)c1-2. The van der Waals surface area contributed by atoms with E-state index < -0.39 is 0 Å². The van der Waals surface area contributed by atoms with E-state index in [0.29, 0.717) is 27.8 Å². The van der Waals surface area contributed by atoms with E-state index in [-0.39, 0.29) is 5.91 Å². The van der Waals surface area contributed by atoms with Crippen LogP contribution in [-0.4, -0.2) is 33.8 Å². The zero-order chi connectivity index (χ0) is 20.8. The number of rotatable bonds is 3. The Morgan fingerprint density at radius 3 is 2.63 bits per heavy atom. The molecule has 1 aliphatic heterocycles. The topological polar surface area (TPSA) is 50.2 Å². The van der Waals surface area contributed by atoms with Gasteiger partial charge in [-0.05, 0) is 43.5 Å². The van der Waals surface area contributed by atoms with Crippen LogP contribution < -0.4 is 5.43 Å². The third-order valence-electron chi connectivity index (χ3n) is 5.84. The monoisotopic (exact) mass is 440 g/mol. The van der Waals surface area contributed by atoms with Crippen LogP contribution in [0.4, 0.5) is 0 Å². The van der Waals surface area contributed by atoms with E-state index in [1.54, 1.807) is 16.8 Å². The lowest BCUT2D eigenvalue weighted by molar-refractivity contribution is 0.0743. The van der Waals surface area contributed by atoms with Gasteiger partial charge in [0.2, 0.25) is 0 Å². The Bertz CT molecular complexity index is 1150. The molecular formula is C23H22Cl2N4O. The van der Waals surface area contributed by atoms with Crippen molar-refractivity contribution in [1.82, 2.24) is 20.2 Å². The number of halogens is 2. The third-order valence-corrected chi connectivity index (χ3v) is 6.37. The molecule has 0 unspecified atom stereocenters. The third kappa shape index (κ3) is 3.41. The van der Waals surface area contributed by atoms with E-state index >= 15 is 0 Å². The second-order valence-corrected chi connectivity index (χ2v) is 8.85. The van der Waals surface area contributed by atoms with Crippen molar-refractivity contribution >= 4 is 29.1 Å². The molecule has 0 saturated carbocycles. The number of hydrazine groups is 1. The van der Waals surface area contributed by atoms with Gasteiger partial charge in [-0.25, -0.2) is 9.69 Å². The lowest BCUT2D eigenvalue weighted by Crippen LogP contribution is -2.45. The molecule has 1 aromatic heterocycles. The predicted molar refractivity (Wildman–Crippen MR) is 119 cm³/mol. The molecule has 0 bridgehead atoms. The first-order chi connectivity index (χ1) is 14.5. The van der Waals surface area contributed by atoms with Gasteiger partial charge in [-0.2, -0.15) is 5.10 Å². The van der Waals surface area contributed by atoms with Crippen molar-refractivity contribution in [2.24, 2.45) is 0 Å². The fraction of sp³-hybridized carbons (Fsp3) is 0.304. The minimum absolute atomic E-state index is 0.165. The molecule has 2 aliphatic rings. The van der Waals surface area contributed by atoms with Crippen LogP contribution in [0.15, 0.2) is 36.4 Å². The summed E-state index contributed by atoms with van der Waals surface area (Å²) in [6, 6.07) is 11.7. The lowest BCUT2D eigenvalue weighted by atomic mass is 10.1. The Kier molecular flexibility index (Phi) is 5.05. The number of carbonyl (C=O) groups is 1. The number of fused-ring (bicyclic) bond motifs is 3. The number of benzene rings is 2. The van der Waals surface area contributed by atoms with Gasteiger partial charge in [0.15, 0.2) is 5.69 Å². The van der Waals surface area contributed by atoms with E-state index in [2.05, 4.69) is 30.5 Å². The largest absolute Gasteiger partial charge is 0.286 e. The average molecular weight is 441 g/mol. The molecule has 30 heavy (non-hydrogen) atoms. The second kappa shape index (κ2) is 7.73. The Hall–Kier alpha value is -2.34. The van der Waals surface area contributed by atoms with Gasteiger partial charge in [0.1, 0.15) is 0 Å². The number of aromatic nitrogens is 2. The number of carbonyl (C=O) groups excluding carboxylic acids is 1. The Morgan fingerprint density at radius 2 is 1.87 bits per heavy atom. The summed E-state index contributed by atoms with van der Waals surface area (Å²) in [5, 5.41) is 7.79. The summed E-state index contributed by atoms with van der Waals surface area (Å²) >= 11 is 12.6. The fourth-order valence-corrected chi connectivity index (χ4v) is 4.89. The summed E-state index contributed by atoms with van der Waals surface area (Å²) in [5.74, 6) is -0.165. The van der Waals surface area contributed by atoms with Crippen LogP contribution in [0.25, 0.3) is 16.9 Å². The van der Waals surface area contributed by atoms with Crippen molar-refractivity contribution in [1.29, 1.82) is 0 Å². The molecule has 1 fully saturated rings. The summed E-state index contributed by atoms with van der Waals surface area (Å²) in [6.45, 7) is 3.82. The number of piperidine rings is 1. The molecule has 154 valence electrons. The number of aryl methyl sites for hydroxylation is 1. The van der Waals surface area contributed by atoms with Gasteiger partial charge in [-0.15, -0.1) is 0 Å². The highest BCUT2D eigenvalue weighted by Crippen LogP contribution is 2.41. The van der Waals surface area contributed by atoms with E-state index in [9.17, 15) is 4.79 Å². The van der Waals surface area contributed by atoms with E-state index in [0.717, 1.165) is 42.8 Å². The van der Waals surface area contributed by atoms with Gasteiger partial charge in [-0.3, -0.25) is 10.2 Å². The fourth-order valence-electron chi connectivity index (χ4n) is 4.40. The first-order valence-corrected chi connectivity index (χ1v) is 11.0. The molecule has 2 heterocycles. The Morgan fingerprint density at radius 1 is 1.07 bits per heavy atom. The molecule has 7 heteroatoms. The number of nitrogens with one attached hydrogen (secondary N) is 1. The van der Waals surface area contributed by atoms with Crippen molar-refractivity contribution in [3.63, 3.8) is 0 Å².